The number of carbonyl (C=O) groups is 2. The first-order valence-corrected chi connectivity index (χ1v) is 6.20. The van der Waals surface area contributed by atoms with E-state index in [2.05, 4.69) is 19.2 Å². The molecule has 1 heterocycles. The van der Waals surface area contributed by atoms with Gasteiger partial charge in [-0.05, 0) is 24.7 Å². The van der Waals surface area contributed by atoms with E-state index < -0.39 is 0 Å². The third-order valence-electron chi connectivity index (χ3n) is 3.61. The Balaban J connectivity index is 2.08. The molecule has 1 aliphatic heterocycles. The van der Waals surface area contributed by atoms with Crippen molar-refractivity contribution in [3.05, 3.63) is 0 Å². The van der Waals surface area contributed by atoms with E-state index in [9.17, 15) is 9.59 Å². The van der Waals surface area contributed by atoms with E-state index in [1.165, 1.54) is 0 Å². The molecule has 2 unspecified atom stereocenters. The highest BCUT2D eigenvalue weighted by Gasteiger charge is 2.44. The van der Waals surface area contributed by atoms with E-state index in [1.54, 1.807) is 0 Å². The van der Waals surface area contributed by atoms with Crippen molar-refractivity contribution in [3.63, 3.8) is 0 Å². The molecule has 1 aliphatic carbocycles. The van der Waals surface area contributed by atoms with Crippen molar-refractivity contribution in [2.45, 2.75) is 39.2 Å². The Labute approximate surface area is 96.4 Å². The van der Waals surface area contributed by atoms with Gasteiger partial charge in [-0.1, -0.05) is 20.3 Å². The molecule has 1 saturated heterocycles. The monoisotopic (exact) mass is 224 g/mol. The van der Waals surface area contributed by atoms with Gasteiger partial charge in [0.05, 0.1) is 6.54 Å². The van der Waals surface area contributed by atoms with Crippen LogP contribution in [0, 0.1) is 11.8 Å². The van der Waals surface area contributed by atoms with Crippen LogP contribution in [0.25, 0.3) is 0 Å². The van der Waals surface area contributed by atoms with E-state index >= 15 is 0 Å². The zero-order valence-electron chi connectivity index (χ0n) is 10.0. The van der Waals surface area contributed by atoms with Gasteiger partial charge in [0.25, 0.3) is 0 Å². The summed E-state index contributed by atoms with van der Waals surface area (Å²) < 4.78 is 0. The Hall–Kier alpha value is -1.06. The Bertz CT molecular complexity index is 299. The third-order valence-corrected chi connectivity index (χ3v) is 3.61. The second-order valence-electron chi connectivity index (χ2n) is 5.06. The number of nitrogens with zero attached hydrogens (tertiary/aromatic N) is 1. The van der Waals surface area contributed by atoms with Crippen molar-refractivity contribution in [1.82, 2.24) is 10.2 Å². The summed E-state index contributed by atoms with van der Waals surface area (Å²) in [6.07, 6.45) is 3.22. The zero-order chi connectivity index (χ0) is 11.7. The Morgan fingerprint density at radius 2 is 2.12 bits per heavy atom. The maximum absolute atomic E-state index is 11.8. The Morgan fingerprint density at radius 3 is 2.69 bits per heavy atom. The van der Waals surface area contributed by atoms with E-state index in [-0.39, 0.29) is 24.4 Å². The van der Waals surface area contributed by atoms with Gasteiger partial charge in [0.15, 0.2) is 0 Å². The van der Waals surface area contributed by atoms with Crippen molar-refractivity contribution in [3.8, 4) is 0 Å². The standard InChI is InChI=1S/C12H20N2O2/c1-3-8(2)7-14-10(15)6-13-12(16)11(14)9-4-5-9/h8-9,11H,3-7H2,1-2H3,(H,13,16). The highest BCUT2D eigenvalue weighted by Crippen LogP contribution is 2.36. The van der Waals surface area contributed by atoms with Gasteiger partial charge in [0.1, 0.15) is 6.04 Å². The maximum Gasteiger partial charge on any atom is 0.243 e. The molecule has 0 aromatic carbocycles. The number of piperazine rings is 1. The summed E-state index contributed by atoms with van der Waals surface area (Å²) in [7, 11) is 0. The highest BCUT2D eigenvalue weighted by molar-refractivity contribution is 5.95. The normalized spacial score (nSPS) is 27.9. The number of nitrogens with one attached hydrogen (secondary N) is 1. The van der Waals surface area contributed by atoms with Gasteiger partial charge in [-0.15, -0.1) is 0 Å². The lowest BCUT2D eigenvalue weighted by atomic mass is 10.0. The van der Waals surface area contributed by atoms with Crippen LogP contribution in [-0.4, -0.2) is 35.8 Å². The minimum Gasteiger partial charge on any atom is -0.345 e. The molecule has 0 aromatic rings. The lowest BCUT2D eigenvalue weighted by Crippen LogP contribution is -2.60. The molecule has 0 spiro atoms. The van der Waals surface area contributed by atoms with Crippen LogP contribution in [0.2, 0.25) is 0 Å². The molecule has 4 heteroatoms. The van der Waals surface area contributed by atoms with E-state index in [0.29, 0.717) is 11.8 Å². The average Bonchev–Trinajstić information content (AvgIpc) is 3.07. The van der Waals surface area contributed by atoms with Gasteiger partial charge in [-0.25, -0.2) is 0 Å². The SMILES string of the molecule is CCC(C)CN1C(=O)CNC(=O)C1C1CC1. The molecule has 2 fully saturated rings. The third kappa shape index (κ3) is 2.20. The molecular weight excluding hydrogens is 204 g/mol. The molecule has 16 heavy (non-hydrogen) atoms. The molecule has 1 N–H and O–H groups in total. The predicted molar refractivity (Wildman–Crippen MR) is 60.7 cm³/mol. The average molecular weight is 224 g/mol. The summed E-state index contributed by atoms with van der Waals surface area (Å²) in [6.45, 7) is 5.15. The van der Waals surface area contributed by atoms with Crippen LogP contribution in [0.4, 0.5) is 0 Å². The zero-order valence-corrected chi connectivity index (χ0v) is 10.0. The first kappa shape index (κ1) is 11.4. The van der Waals surface area contributed by atoms with Crippen molar-refractivity contribution in [1.29, 1.82) is 0 Å². The first-order chi connectivity index (χ1) is 7.63. The Morgan fingerprint density at radius 1 is 1.44 bits per heavy atom. The number of hydrogen-bond acceptors (Lipinski definition) is 2. The molecule has 2 rings (SSSR count). The van der Waals surface area contributed by atoms with Crippen LogP contribution in [0.15, 0.2) is 0 Å². The molecule has 1 saturated carbocycles. The van der Waals surface area contributed by atoms with Gasteiger partial charge in [-0.3, -0.25) is 9.59 Å². The maximum atomic E-state index is 11.8. The quantitative estimate of drug-likeness (QED) is 0.766. The van der Waals surface area contributed by atoms with Crippen molar-refractivity contribution in [2.75, 3.05) is 13.1 Å². The summed E-state index contributed by atoms with van der Waals surface area (Å²) in [5.41, 5.74) is 0. The highest BCUT2D eigenvalue weighted by atomic mass is 16.2. The van der Waals surface area contributed by atoms with Crippen molar-refractivity contribution in [2.24, 2.45) is 11.8 Å². The summed E-state index contributed by atoms with van der Waals surface area (Å²) in [5.74, 6) is 1.01. The minimum atomic E-state index is -0.185. The van der Waals surface area contributed by atoms with Crippen molar-refractivity contribution >= 4 is 11.8 Å². The van der Waals surface area contributed by atoms with Crippen LogP contribution in [-0.2, 0) is 9.59 Å². The van der Waals surface area contributed by atoms with E-state index in [1.807, 2.05) is 4.90 Å². The van der Waals surface area contributed by atoms with Crippen LogP contribution in [0.3, 0.4) is 0 Å². The summed E-state index contributed by atoms with van der Waals surface area (Å²) in [6, 6.07) is -0.185. The van der Waals surface area contributed by atoms with Gasteiger partial charge in [0, 0.05) is 6.54 Å². The summed E-state index contributed by atoms with van der Waals surface area (Å²) >= 11 is 0. The predicted octanol–water partition coefficient (Wildman–Crippen LogP) is 0.769. The van der Waals surface area contributed by atoms with Crippen LogP contribution in [0.1, 0.15) is 33.1 Å². The van der Waals surface area contributed by atoms with Crippen LogP contribution < -0.4 is 5.32 Å². The van der Waals surface area contributed by atoms with Gasteiger partial charge >= 0.3 is 0 Å². The number of hydrogen-bond donors (Lipinski definition) is 1. The smallest absolute Gasteiger partial charge is 0.243 e. The second-order valence-corrected chi connectivity index (χ2v) is 5.06. The van der Waals surface area contributed by atoms with Crippen molar-refractivity contribution < 1.29 is 9.59 Å². The summed E-state index contributed by atoms with van der Waals surface area (Å²) in [5, 5.41) is 2.69. The molecule has 0 bridgehead atoms. The lowest BCUT2D eigenvalue weighted by molar-refractivity contribution is -0.147. The molecule has 2 amide bonds. The molecule has 0 aromatic heterocycles. The number of carbonyl (C=O) groups excluding carboxylic acids is 2. The number of rotatable bonds is 4. The number of amides is 2. The lowest BCUT2D eigenvalue weighted by Gasteiger charge is -2.36. The molecule has 2 aliphatic rings. The first-order valence-electron chi connectivity index (χ1n) is 6.20. The molecule has 90 valence electrons. The van der Waals surface area contributed by atoms with Gasteiger partial charge in [0.2, 0.25) is 11.8 Å². The fourth-order valence-electron chi connectivity index (χ4n) is 2.23. The Kier molecular flexibility index (Phi) is 3.17. The molecular formula is C12H20N2O2. The molecule has 0 radical (unpaired) electrons. The van der Waals surface area contributed by atoms with Crippen LogP contribution in [0.5, 0.6) is 0 Å². The fourth-order valence-corrected chi connectivity index (χ4v) is 2.23. The minimum absolute atomic E-state index is 0.0467. The van der Waals surface area contributed by atoms with Crippen LogP contribution >= 0.6 is 0 Å². The topological polar surface area (TPSA) is 49.4 Å². The van der Waals surface area contributed by atoms with Gasteiger partial charge in [-0.2, -0.15) is 0 Å². The van der Waals surface area contributed by atoms with E-state index in [4.69, 9.17) is 0 Å². The molecule has 4 nitrogen and oxygen atoms in total. The van der Waals surface area contributed by atoms with Gasteiger partial charge < -0.3 is 10.2 Å². The second kappa shape index (κ2) is 4.44. The summed E-state index contributed by atoms with van der Waals surface area (Å²) in [4.78, 5) is 25.5. The molecule has 2 atom stereocenters. The fraction of sp³-hybridized carbons (Fsp3) is 0.833. The van der Waals surface area contributed by atoms with E-state index in [0.717, 1.165) is 25.8 Å². The largest absolute Gasteiger partial charge is 0.345 e.